The third-order valence-corrected chi connectivity index (χ3v) is 5.49. The molecule has 3 heterocycles. The number of rotatable bonds is 4. The van der Waals surface area contributed by atoms with Gasteiger partial charge in [0.05, 0.1) is 26.8 Å². The Hall–Kier alpha value is -2.42. The monoisotopic (exact) mass is 454 g/mol. The lowest BCUT2D eigenvalue weighted by atomic mass is 10.2. The molecule has 4 nitrogen and oxygen atoms in total. The Kier molecular flexibility index (Phi) is 5.33. The Morgan fingerprint density at radius 3 is 2.52 bits per heavy atom. The highest BCUT2D eigenvalue weighted by Gasteiger charge is 2.33. The molecule has 0 saturated carbocycles. The van der Waals surface area contributed by atoms with Gasteiger partial charge in [-0.15, -0.1) is 0 Å². The first kappa shape index (κ1) is 19.9. The fraction of sp³-hybridized carbons (Fsp3) is 0.0526. The standard InChI is InChI=1S/C19H11Cl2F3N4S/c20-14-4-3-12(8-13(14)19(22,23)24)29-27-18-6-5-15(21)17-9-16(26-28(17)18)11-2-1-7-25-10-11/h1-10,27H. The number of aromatic nitrogens is 3. The van der Waals surface area contributed by atoms with E-state index >= 15 is 0 Å². The molecule has 0 radical (unpaired) electrons. The summed E-state index contributed by atoms with van der Waals surface area (Å²) in [6.07, 6.45) is -1.18. The van der Waals surface area contributed by atoms with Crippen LogP contribution in [0, 0.1) is 0 Å². The molecule has 0 aliphatic rings. The maximum Gasteiger partial charge on any atom is 0.417 e. The molecule has 0 fully saturated rings. The van der Waals surface area contributed by atoms with Crippen molar-refractivity contribution in [3.05, 3.63) is 76.5 Å². The number of pyridine rings is 2. The molecule has 4 aromatic rings. The van der Waals surface area contributed by atoms with Crippen molar-refractivity contribution in [2.45, 2.75) is 11.1 Å². The molecule has 0 unspecified atom stereocenters. The first-order valence-electron chi connectivity index (χ1n) is 8.21. The molecule has 4 rings (SSSR count). The second-order valence-corrected chi connectivity index (χ2v) is 7.67. The highest BCUT2D eigenvalue weighted by molar-refractivity contribution is 8.00. The van der Waals surface area contributed by atoms with Crippen LogP contribution in [0.25, 0.3) is 16.8 Å². The number of nitrogens with zero attached hydrogens (tertiary/aromatic N) is 3. The van der Waals surface area contributed by atoms with Gasteiger partial charge in [0.15, 0.2) is 0 Å². The van der Waals surface area contributed by atoms with Crippen molar-refractivity contribution >= 4 is 46.5 Å². The minimum atomic E-state index is -4.53. The van der Waals surface area contributed by atoms with E-state index in [1.807, 2.05) is 12.1 Å². The Bertz CT molecular complexity index is 1180. The topological polar surface area (TPSA) is 42.2 Å². The molecule has 3 aromatic heterocycles. The molecule has 0 amide bonds. The van der Waals surface area contributed by atoms with Gasteiger partial charge >= 0.3 is 6.18 Å². The van der Waals surface area contributed by atoms with E-state index < -0.39 is 11.7 Å². The van der Waals surface area contributed by atoms with Gasteiger partial charge in [-0.3, -0.25) is 4.98 Å². The van der Waals surface area contributed by atoms with Crippen molar-refractivity contribution in [3.8, 4) is 11.3 Å². The van der Waals surface area contributed by atoms with Crippen LogP contribution in [0.4, 0.5) is 19.0 Å². The molecule has 1 aromatic carbocycles. The summed E-state index contributed by atoms with van der Waals surface area (Å²) in [5.41, 5.74) is 1.26. The van der Waals surface area contributed by atoms with E-state index in [4.69, 9.17) is 23.2 Å². The molecule has 0 saturated heterocycles. The minimum absolute atomic E-state index is 0.344. The third kappa shape index (κ3) is 4.14. The fourth-order valence-corrected chi connectivity index (χ4v) is 3.78. The number of nitrogens with one attached hydrogen (secondary N) is 1. The van der Waals surface area contributed by atoms with Crippen LogP contribution in [0.3, 0.4) is 0 Å². The largest absolute Gasteiger partial charge is 0.417 e. The van der Waals surface area contributed by atoms with Crippen molar-refractivity contribution in [2.75, 3.05) is 4.72 Å². The average molecular weight is 455 g/mol. The summed E-state index contributed by atoms with van der Waals surface area (Å²) >= 11 is 13.0. The van der Waals surface area contributed by atoms with Gasteiger partial charge in [-0.25, -0.2) is 4.52 Å². The van der Waals surface area contributed by atoms with Gasteiger partial charge in [-0.1, -0.05) is 23.2 Å². The van der Waals surface area contributed by atoms with Gasteiger partial charge in [-0.2, -0.15) is 18.3 Å². The van der Waals surface area contributed by atoms with Crippen molar-refractivity contribution in [1.29, 1.82) is 0 Å². The number of hydrogen-bond donors (Lipinski definition) is 1. The van der Waals surface area contributed by atoms with Gasteiger partial charge < -0.3 is 4.72 Å². The predicted octanol–water partition coefficient (Wildman–Crippen LogP) is 6.84. The Balaban J connectivity index is 1.65. The smallest absolute Gasteiger partial charge is 0.310 e. The zero-order chi connectivity index (χ0) is 20.6. The second-order valence-electron chi connectivity index (χ2n) is 5.98. The molecule has 0 aliphatic carbocycles. The molecular formula is C19H11Cl2F3N4S. The van der Waals surface area contributed by atoms with E-state index in [9.17, 15) is 13.2 Å². The van der Waals surface area contributed by atoms with Crippen LogP contribution in [0.5, 0.6) is 0 Å². The average Bonchev–Trinajstić information content (AvgIpc) is 3.15. The number of halogens is 5. The predicted molar refractivity (Wildman–Crippen MR) is 109 cm³/mol. The Morgan fingerprint density at radius 2 is 1.79 bits per heavy atom. The lowest BCUT2D eigenvalue weighted by Crippen LogP contribution is -2.06. The number of alkyl halides is 3. The first-order valence-corrected chi connectivity index (χ1v) is 9.78. The molecule has 0 spiro atoms. The van der Waals surface area contributed by atoms with Crippen molar-refractivity contribution in [2.24, 2.45) is 0 Å². The summed E-state index contributed by atoms with van der Waals surface area (Å²) in [7, 11) is 0. The highest BCUT2D eigenvalue weighted by atomic mass is 35.5. The molecule has 29 heavy (non-hydrogen) atoms. The van der Waals surface area contributed by atoms with Crippen molar-refractivity contribution < 1.29 is 13.2 Å². The summed E-state index contributed by atoms with van der Waals surface area (Å²) in [4.78, 5) is 4.43. The van der Waals surface area contributed by atoms with Crippen molar-refractivity contribution in [3.63, 3.8) is 0 Å². The molecule has 1 N–H and O–H groups in total. The maximum absolute atomic E-state index is 13.1. The highest BCUT2D eigenvalue weighted by Crippen LogP contribution is 2.37. The van der Waals surface area contributed by atoms with E-state index in [-0.39, 0.29) is 5.02 Å². The van der Waals surface area contributed by atoms with E-state index in [0.717, 1.165) is 23.6 Å². The fourth-order valence-electron chi connectivity index (χ4n) is 2.67. The van der Waals surface area contributed by atoms with Crippen LogP contribution in [-0.2, 0) is 6.18 Å². The molecule has 148 valence electrons. The van der Waals surface area contributed by atoms with E-state index in [1.54, 1.807) is 35.1 Å². The van der Waals surface area contributed by atoms with E-state index in [1.165, 1.54) is 12.1 Å². The van der Waals surface area contributed by atoms with Crippen LogP contribution >= 0.6 is 35.1 Å². The molecule has 0 atom stereocenters. The van der Waals surface area contributed by atoms with Gasteiger partial charge in [0.1, 0.15) is 5.82 Å². The quantitative estimate of drug-likeness (QED) is 0.342. The van der Waals surface area contributed by atoms with Crippen LogP contribution in [0.15, 0.2) is 65.8 Å². The number of benzene rings is 1. The normalized spacial score (nSPS) is 11.8. The number of hydrogen-bond acceptors (Lipinski definition) is 4. The maximum atomic E-state index is 13.1. The van der Waals surface area contributed by atoms with Crippen LogP contribution in [0.2, 0.25) is 10.0 Å². The lowest BCUT2D eigenvalue weighted by Gasteiger charge is -2.12. The van der Waals surface area contributed by atoms with Gasteiger partial charge in [-0.05, 0) is 60.5 Å². The summed E-state index contributed by atoms with van der Waals surface area (Å²) in [5, 5.41) is 4.69. The van der Waals surface area contributed by atoms with Crippen LogP contribution in [0.1, 0.15) is 5.56 Å². The molecule has 10 heteroatoms. The molecule has 0 bridgehead atoms. The zero-order valence-electron chi connectivity index (χ0n) is 14.4. The summed E-state index contributed by atoms with van der Waals surface area (Å²) in [6, 6.07) is 12.6. The number of anilines is 1. The van der Waals surface area contributed by atoms with E-state index in [2.05, 4.69) is 14.8 Å². The van der Waals surface area contributed by atoms with Crippen molar-refractivity contribution in [1.82, 2.24) is 14.6 Å². The summed E-state index contributed by atoms with van der Waals surface area (Å²) < 4.78 is 43.8. The van der Waals surface area contributed by atoms with Crippen LogP contribution < -0.4 is 4.72 Å². The zero-order valence-corrected chi connectivity index (χ0v) is 16.7. The number of fused-ring (bicyclic) bond motifs is 1. The van der Waals surface area contributed by atoms with Gasteiger partial charge in [0, 0.05) is 22.9 Å². The minimum Gasteiger partial charge on any atom is -0.310 e. The molecular weight excluding hydrogens is 444 g/mol. The second kappa shape index (κ2) is 7.78. The molecule has 0 aliphatic heterocycles. The van der Waals surface area contributed by atoms with Gasteiger partial charge in [0.2, 0.25) is 0 Å². The summed E-state index contributed by atoms with van der Waals surface area (Å²) in [5.74, 6) is 0.549. The Morgan fingerprint density at radius 1 is 1.00 bits per heavy atom. The lowest BCUT2D eigenvalue weighted by molar-refractivity contribution is -0.137. The Labute approximate surface area is 177 Å². The SMILES string of the molecule is FC(F)(F)c1cc(SNc2ccc(Cl)c3cc(-c4cccnc4)nn23)ccc1Cl. The first-order chi connectivity index (χ1) is 13.8. The van der Waals surface area contributed by atoms with Crippen LogP contribution in [-0.4, -0.2) is 14.6 Å². The van der Waals surface area contributed by atoms with Gasteiger partial charge in [0.25, 0.3) is 0 Å². The van der Waals surface area contributed by atoms with E-state index in [0.29, 0.717) is 26.9 Å². The third-order valence-electron chi connectivity index (χ3n) is 4.04. The summed E-state index contributed by atoms with van der Waals surface area (Å²) in [6.45, 7) is 0.